The Bertz CT molecular complexity index is 874. The fourth-order valence-corrected chi connectivity index (χ4v) is 4.66. The lowest BCUT2D eigenvalue weighted by atomic mass is 9.73. The molecule has 0 heterocycles. The molecule has 3 aromatic carbocycles. The second kappa shape index (κ2) is 9.57. The van der Waals surface area contributed by atoms with Crippen LogP contribution in [0, 0.1) is 0 Å². The van der Waals surface area contributed by atoms with Crippen molar-refractivity contribution in [2.75, 3.05) is 7.11 Å². The summed E-state index contributed by atoms with van der Waals surface area (Å²) in [5.41, 5.74) is 9.60. The smallest absolute Gasteiger partial charge is 0.181 e. The molecule has 29 heavy (non-hydrogen) atoms. The average Bonchev–Trinajstić information content (AvgIpc) is 2.75. The van der Waals surface area contributed by atoms with Gasteiger partial charge in [0.1, 0.15) is 5.54 Å². The number of methoxy groups -OCH3 is 1. The van der Waals surface area contributed by atoms with Gasteiger partial charge in [0.25, 0.3) is 0 Å². The third-order valence-corrected chi connectivity index (χ3v) is 6.63. The molecule has 0 amide bonds. The third-order valence-electron chi connectivity index (χ3n) is 5.38. The molecule has 0 fully saturated rings. The summed E-state index contributed by atoms with van der Waals surface area (Å²) in [7, 11) is 1.59. The molecule has 0 aromatic heterocycles. The zero-order chi connectivity index (χ0) is 20.7. The summed E-state index contributed by atoms with van der Waals surface area (Å²) < 4.78 is 4.91. The molecule has 1 atom stereocenters. The molecular weight excluding hydrogens is 394 g/mol. The SMILES string of the molecule is COC(=S)[C@](N)(Cc1ccccc1)C(S)(Cc1ccccc1)Cc1ccccc1. The van der Waals surface area contributed by atoms with Crippen LogP contribution < -0.4 is 5.73 Å². The standard InChI is InChI=1S/C25H27NOS2/c1-27-23(28)25(26,19-22-15-9-4-10-16-22)24(29,17-20-11-5-2-6-12-20)18-21-13-7-3-8-14-21/h2-16,29H,17-19,26H2,1H3/t25-/m1/s1. The molecular formula is C25H27NOS2. The summed E-state index contributed by atoms with van der Waals surface area (Å²) in [6, 6.07) is 30.8. The predicted octanol–water partition coefficient (Wildman–Crippen LogP) is 5.05. The van der Waals surface area contributed by atoms with Crippen molar-refractivity contribution in [2.24, 2.45) is 5.73 Å². The van der Waals surface area contributed by atoms with Crippen molar-refractivity contribution in [3.63, 3.8) is 0 Å². The van der Waals surface area contributed by atoms with Crippen LogP contribution in [0.4, 0.5) is 0 Å². The number of ether oxygens (including phenoxy) is 1. The normalized spacial score (nSPS) is 13.5. The molecule has 0 aliphatic heterocycles. The molecule has 0 spiro atoms. The van der Waals surface area contributed by atoms with Gasteiger partial charge in [-0.3, -0.25) is 0 Å². The van der Waals surface area contributed by atoms with Gasteiger partial charge < -0.3 is 10.5 Å². The lowest BCUT2D eigenvalue weighted by Gasteiger charge is -2.45. The van der Waals surface area contributed by atoms with Gasteiger partial charge >= 0.3 is 0 Å². The van der Waals surface area contributed by atoms with E-state index in [0.717, 1.165) is 5.56 Å². The van der Waals surface area contributed by atoms with Crippen molar-refractivity contribution in [3.8, 4) is 0 Å². The van der Waals surface area contributed by atoms with Gasteiger partial charge in [-0.1, -0.05) is 91.0 Å². The Morgan fingerprint density at radius 2 is 1.10 bits per heavy atom. The first-order chi connectivity index (χ1) is 14.0. The lowest BCUT2D eigenvalue weighted by Crippen LogP contribution is -2.66. The maximum atomic E-state index is 7.12. The summed E-state index contributed by atoms with van der Waals surface area (Å²) in [5, 5.41) is 0.378. The molecule has 0 unspecified atom stereocenters. The van der Waals surface area contributed by atoms with Gasteiger partial charge in [-0.15, -0.1) is 0 Å². The summed E-state index contributed by atoms with van der Waals surface area (Å²) in [5.74, 6) is 0. The van der Waals surface area contributed by atoms with E-state index in [9.17, 15) is 0 Å². The van der Waals surface area contributed by atoms with E-state index in [4.69, 9.17) is 35.3 Å². The average molecular weight is 422 g/mol. The van der Waals surface area contributed by atoms with Crippen LogP contribution in [0.15, 0.2) is 91.0 Å². The molecule has 0 aliphatic carbocycles. The van der Waals surface area contributed by atoms with E-state index in [1.807, 2.05) is 54.6 Å². The summed E-state index contributed by atoms with van der Waals surface area (Å²) >= 11 is 10.9. The Morgan fingerprint density at radius 3 is 1.45 bits per heavy atom. The summed E-state index contributed by atoms with van der Waals surface area (Å²) in [4.78, 5) is 0. The number of thiol groups is 1. The van der Waals surface area contributed by atoms with Crippen LogP contribution in [-0.4, -0.2) is 22.4 Å². The Balaban J connectivity index is 2.07. The third kappa shape index (κ3) is 5.08. The zero-order valence-corrected chi connectivity index (χ0v) is 18.3. The molecule has 3 rings (SSSR count). The van der Waals surface area contributed by atoms with Crippen molar-refractivity contribution >= 4 is 29.9 Å². The Kier molecular flexibility index (Phi) is 7.12. The quantitative estimate of drug-likeness (QED) is 0.394. The first-order valence-corrected chi connectivity index (χ1v) is 10.5. The molecule has 150 valence electrons. The summed E-state index contributed by atoms with van der Waals surface area (Å²) in [6.45, 7) is 0. The first-order valence-electron chi connectivity index (χ1n) is 9.68. The van der Waals surface area contributed by atoms with Crippen molar-refractivity contribution in [1.29, 1.82) is 0 Å². The fourth-order valence-electron chi connectivity index (χ4n) is 3.77. The van der Waals surface area contributed by atoms with Gasteiger partial charge in [-0.25, -0.2) is 0 Å². The number of thiocarbonyl (C=S) groups is 1. The number of rotatable bonds is 8. The lowest BCUT2D eigenvalue weighted by molar-refractivity contribution is 0.307. The van der Waals surface area contributed by atoms with E-state index < -0.39 is 10.3 Å². The Hall–Kier alpha value is -2.14. The van der Waals surface area contributed by atoms with Gasteiger partial charge in [0.05, 0.1) is 7.11 Å². The topological polar surface area (TPSA) is 35.2 Å². The molecule has 2 nitrogen and oxygen atoms in total. The maximum absolute atomic E-state index is 7.12. The van der Waals surface area contributed by atoms with Crippen molar-refractivity contribution in [3.05, 3.63) is 108 Å². The van der Waals surface area contributed by atoms with E-state index in [0.29, 0.717) is 24.3 Å². The van der Waals surface area contributed by atoms with Crippen LogP contribution in [0.5, 0.6) is 0 Å². The van der Waals surface area contributed by atoms with E-state index in [1.54, 1.807) is 7.11 Å². The van der Waals surface area contributed by atoms with Crippen LogP contribution >= 0.6 is 24.8 Å². The molecule has 3 aromatic rings. The molecule has 2 N–H and O–H groups in total. The van der Waals surface area contributed by atoms with Gasteiger partial charge in [0.2, 0.25) is 0 Å². The number of hydrogen-bond donors (Lipinski definition) is 2. The van der Waals surface area contributed by atoms with Crippen LogP contribution in [0.2, 0.25) is 0 Å². The van der Waals surface area contributed by atoms with E-state index >= 15 is 0 Å². The van der Waals surface area contributed by atoms with Crippen LogP contribution in [0.1, 0.15) is 16.7 Å². The van der Waals surface area contributed by atoms with Gasteiger partial charge in [0, 0.05) is 4.75 Å². The zero-order valence-electron chi connectivity index (χ0n) is 16.6. The number of benzene rings is 3. The van der Waals surface area contributed by atoms with Crippen LogP contribution in [-0.2, 0) is 24.0 Å². The van der Waals surface area contributed by atoms with Crippen molar-refractivity contribution in [1.82, 2.24) is 0 Å². The molecule has 4 heteroatoms. The van der Waals surface area contributed by atoms with Crippen molar-refractivity contribution < 1.29 is 4.74 Å². The number of hydrogen-bond acceptors (Lipinski definition) is 4. The van der Waals surface area contributed by atoms with Crippen molar-refractivity contribution in [2.45, 2.75) is 29.5 Å². The minimum absolute atomic E-state index is 0.378. The number of nitrogens with two attached hydrogens (primary N) is 1. The first kappa shape index (κ1) is 21.6. The summed E-state index contributed by atoms with van der Waals surface area (Å²) in [6.07, 6.45) is 1.88. The van der Waals surface area contributed by atoms with Crippen LogP contribution in [0.25, 0.3) is 0 Å². The maximum Gasteiger partial charge on any atom is 0.181 e. The Labute approximate surface area is 184 Å². The van der Waals surface area contributed by atoms with Gasteiger partial charge in [0.15, 0.2) is 5.05 Å². The second-order valence-corrected chi connectivity index (χ2v) is 8.71. The highest BCUT2D eigenvalue weighted by Crippen LogP contribution is 2.38. The molecule has 0 saturated carbocycles. The highest BCUT2D eigenvalue weighted by atomic mass is 32.1. The molecule has 0 radical (unpaired) electrons. The fraction of sp³-hybridized carbons (Fsp3) is 0.240. The highest BCUT2D eigenvalue weighted by Gasteiger charge is 2.50. The van der Waals surface area contributed by atoms with Gasteiger partial charge in [-0.2, -0.15) is 12.6 Å². The monoisotopic (exact) mass is 421 g/mol. The van der Waals surface area contributed by atoms with E-state index in [-0.39, 0.29) is 0 Å². The largest absolute Gasteiger partial charge is 0.488 e. The minimum Gasteiger partial charge on any atom is -0.488 e. The predicted molar refractivity (Wildman–Crippen MR) is 129 cm³/mol. The Morgan fingerprint density at radius 1 is 0.759 bits per heavy atom. The second-order valence-electron chi connectivity index (χ2n) is 7.48. The highest BCUT2D eigenvalue weighted by molar-refractivity contribution is 7.82. The van der Waals surface area contributed by atoms with E-state index in [1.165, 1.54) is 11.1 Å². The van der Waals surface area contributed by atoms with Crippen LogP contribution in [0.3, 0.4) is 0 Å². The molecule has 0 saturated heterocycles. The van der Waals surface area contributed by atoms with Gasteiger partial charge in [-0.05, 0) is 48.2 Å². The molecule has 0 aliphatic rings. The minimum atomic E-state index is -0.951. The molecule has 0 bridgehead atoms. The van der Waals surface area contributed by atoms with E-state index in [2.05, 4.69) is 36.4 Å².